The third-order valence-electron chi connectivity index (χ3n) is 3.46. The van der Waals surface area contributed by atoms with E-state index in [-0.39, 0.29) is 0 Å². The number of aryl methyl sites for hydroxylation is 1. The highest BCUT2D eigenvalue weighted by Crippen LogP contribution is 2.27. The first-order valence-corrected chi connectivity index (χ1v) is 6.65. The molecule has 0 atom stereocenters. The fourth-order valence-corrected chi connectivity index (χ4v) is 2.53. The van der Waals surface area contributed by atoms with E-state index in [2.05, 4.69) is 75.4 Å². The first kappa shape index (κ1) is 12.9. The molecule has 0 aromatic heterocycles. The summed E-state index contributed by atoms with van der Waals surface area (Å²) in [6.45, 7) is 6.91. The topological polar surface area (TPSA) is 0 Å². The summed E-state index contributed by atoms with van der Waals surface area (Å²) in [6, 6.07) is 19.5. The van der Waals surface area contributed by atoms with Crippen LogP contribution in [-0.4, -0.2) is 0 Å². The Labute approximate surface area is 111 Å². The second kappa shape index (κ2) is 5.39. The molecule has 0 fully saturated rings. The summed E-state index contributed by atoms with van der Waals surface area (Å²) in [5.74, 6) is 0. The van der Waals surface area contributed by atoms with Crippen LogP contribution in [0.1, 0.15) is 30.5 Å². The molecule has 18 heavy (non-hydrogen) atoms. The summed E-state index contributed by atoms with van der Waals surface area (Å²) in [7, 11) is 0. The number of rotatable bonds is 4. The van der Waals surface area contributed by atoms with Gasteiger partial charge in [-0.2, -0.15) is 0 Å². The Morgan fingerprint density at radius 1 is 0.778 bits per heavy atom. The highest BCUT2D eigenvalue weighted by atomic mass is 14.2. The predicted octanol–water partition coefficient (Wildman–Crippen LogP) is 4.81. The fraction of sp³-hybridized carbons (Fsp3) is 0.333. The van der Waals surface area contributed by atoms with Gasteiger partial charge in [-0.25, -0.2) is 0 Å². The number of benzene rings is 2. The van der Waals surface area contributed by atoms with Crippen LogP contribution < -0.4 is 0 Å². The highest BCUT2D eigenvalue weighted by molar-refractivity contribution is 5.27. The zero-order valence-corrected chi connectivity index (χ0v) is 11.6. The first-order valence-electron chi connectivity index (χ1n) is 6.65. The summed E-state index contributed by atoms with van der Waals surface area (Å²) in [5.41, 5.74) is 4.60. The van der Waals surface area contributed by atoms with E-state index in [1.165, 1.54) is 16.7 Å². The van der Waals surface area contributed by atoms with Crippen molar-refractivity contribution in [2.45, 2.75) is 33.6 Å². The summed E-state index contributed by atoms with van der Waals surface area (Å²) in [4.78, 5) is 0. The SMILES string of the molecule is Cc1ccccc1CC(C)(C)Cc1ccccc1. The monoisotopic (exact) mass is 238 g/mol. The molecule has 0 unspecified atom stereocenters. The molecule has 2 aromatic carbocycles. The number of hydrogen-bond donors (Lipinski definition) is 0. The van der Waals surface area contributed by atoms with E-state index in [1.807, 2.05) is 0 Å². The van der Waals surface area contributed by atoms with Crippen molar-refractivity contribution >= 4 is 0 Å². The molecule has 0 saturated carbocycles. The minimum Gasteiger partial charge on any atom is -0.0622 e. The van der Waals surface area contributed by atoms with Crippen LogP contribution >= 0.6 is 0 Å². The van der Waals surface area contributed by atoms with E-state index in [0.29, 0.717) is 5.41 Å². The highest BCUT2D eigenvalue weighted by Gasteiger charge is 2.19. The molecular weight excluding hydrogens is 216 g/mol. The Kier molecular flexibility index (Phi) is 3.86. The van der Waals surface area contributed by atoms with Crippen LogP contribution in [0.4, 0.5) is 0 Å². The fourth-order valence-electron chi connectivity index (χ4n) is 2.53. The van der Waals surface area contributed by atoms with E-state index in [1.54, 1.807) is 0 Å². The Bertz CT molecular complexity index is 494. The predicted molar refractivity (Wildman–Crippen MR) is 78.8 cm³/mol. The van der Waals surface area contributed by atoms with Gasteiger partial charge in [-0.3, -0.25) is 0 Å². The van der Waals surface area contributed by atoms with Crippen LogP contribution in [0.25, 0.3) is 0 Å². The van der Waals surface area contributed by atoms with Gasteiger partial charge in [0.25, 0.3) is 0 Å². The van der Waals surface area contributed by atoms with Gasteiger partial charge >= 0.3 is 0 Å². The quantitative estimate of drug-likeness (QED) is 0.717. The molecule has 0 nitrogen and oxygen atoms in total. The molecule has 2 aromatic rings. The van der Waals surface area contributed by atoms with E-state index in [4.69, 9.17) is 0 Å². The molecule has 0 bridgehead atoms. The molecule has 0 N–H and O–H groups in total. The molecular formula is C18H22. The van der Waals surface area contributed by atoms with Gasteiger partial charge in [0.05, 0.1) is 0 Å². The molecule has 0 aliphatic rings. The lowest BCUT2D eigenvalue weighted by atomic mass is 9.79. The molecule has 0 heterocycles. The smallest absolute Gasteiger partial charge is 0.0221 e. The van der Waals surface area contributed by atoms with Gasteiger partial charge in [0.15, 0.2) is 0 Å². The van der Waals surface area contributed by atoms with Gasteiger partial charge in [0.1, 0.15) is 0 Å². The molecule has 94 valence electrons. The number of hydrogen-bond acceptors (Lipinski definition) is 0. The van der Waals surface area contributed by atoms with Crippen molar-refractivity contribution < 1.29 is 0 Å². The Hall–Kier alpha value is -1.56. The van der Waals surface area contributed by atoms with Crippen molar-refractivity contribution in [2.75, 3.05) is 0 Å². The van der Waals surface area contributed by atoms with E-state index < -0.39 is 0 Å². The third kappa shape index (κ3) is 3.46. The van der Waals surface area contributed by atoms with Crippen LogP contribution in [0.3, 0.4) is 0 Å². The van der Waals surface area contributed by atoms with Crippen molar-refractivity contribution in [2.24, 2.45) is 5.41 Å². The molecule has 0 heteroatoms. The van der Waals surface area contributed by atoms with Crippen LogP contribution in [0.15, 0.2) is 54.6 Å². The largest absolute Gasteiger partial charge is 0.0622 e. The minimum atomic E-state index is 0.299. The summed E-state index contributed by atoms with van der Waals surface area (Å²) < 4.78 is 0. The maximum Gasteiger partial charge on any atom is -0.0221 e. The van der Waals surface area contributed by atoms with Gasteiger partial charge < -0.3 is 0 Å². The summed E-state index contributed by atoms with van der Waals surface area (Å²) in [5, 5.41) is 0. The van der Waals surface area contributed by atoms with E-state index in [9.17, 15) is 0 Å². The van der Waals surface area contributed by atoms with Crippen molar-refractivity contribution in [3.63, 3.8) is 0 Å². The molecule has 0 radical (unpaired) electrons. The molecule has 0 aliphatic carbocycles. The third-order valence-corrected chi connectivity index (χ3v) is 3.46. The standard InChI is InChI=1S/C18H22/c1-15-9-7-8-12-17(15)14-18(2,3)13-16-10-5-4-6-11-16/h4-12H,13-14H2,1-3H3. The van der Waals surface area contributed by atoms with Gasteiger partial charge in [0.2, 0.25) is 0 Å². The Balaban J connectivity index is 2.10. The zero-order chi connectivity index (χ0) is 13.0. The van der Waals surface area contributed by atoms with E-state index >= 15 is 0 Å². The van der Waals surface area contributed by atoms with Gasteiger partial charge in [-0.05, 0) is 41.9 Å². The van der Waals surface area contributed by atoms with E-state index in [0.717, 1.165) is 12.8 Å². The normalized spacial score (nSPS) is 11.5. The second-order valence-electron chi connectivity index (χ2n) is 5.93. The molecule has 0 aliphatic heterocycles. The lowest BCUT2D eigenvalue weighted by molar-refractivity contribution is 0.360. The van der Waals surface area contributed by atoms with Crippen LogP contribution in [-0.2, 0) is 12.8 Å². The molecule has 2 rings (SSSR count). The Morgan fingerprint density at radius 3 is 2.06 bits per heavy atom. The van der Waals surface area contributed by atoms with Crippen molar-refractivity contribution in [1.82, 2.24) is 0 Å². The zero-order valence-electron chi connectivity index (χ0n) is 11.6. The molecule has 0 spiro atoms. The maximum atomic E-state index is 2.35. The van der Waals surface area contributed by atoms with Gasteiger partial charge in [-0.1, -0.05) is 68.4 Å². The molecule has 0 amide bonds. The van der Waals surface area contributed by atoms with Gasteiger partial charge in [0, 0.05) is 0 Å². The minimum absolute atomic E-state index is 0.299. The maximum absolute atomic E-state index is 2.35. The van der Waals surface area contributed by atoms with Crippen molar-refractivity contribution in [3.05, 3.63) is 71.3 Å². The van der Waals surface area contributed by atoms with Crippen LogP contribution in [0, 0.1) is 12.3 Å². The first-order chi connectivity index (χ1) is 8.57. The Morgan fingerprint density at radius 2 is 1.39 bits per heavy atom. The average molecular weight is 238 g/mol. The second-order valence-corrected chi connectivity index (χ2v) is 5.93. The summed E-state index contributed by atoms with van der Waals surface area (Å²) >= 11 is 0. The average Bonchev–Trinajstić information content (AvgIpc) is 2.32. The summed E-state index contributed by atoms with van der Waals surface area (Å²) in [6.07, 6.45) is 2.26. The van der Waals surface area contributed by atoms with Crippen molar-refractivity contribution in [1.29, 1.82) is 0 Å². The van der Waals surface area contributed by atoms with Crippen LogP contribution in [0.5, 0.6) is 0 Å². The molecule has 0 saturated heterocycles. The van der Waals surface area contributed by atoms with Crippen LogP contribution in [0.2, 0.25) is 0 Å². The van der Waals surface area contributed by atoms with Crippen molar-refractivity contribution in [3.8, 4) is 0 Å². The lowest BCUT2D eigenvalue weighted by Gasteiger charge is -2.25. The lowest BCUT2D eigenvalue weighted by Crippen LogP contribution is -2.18. The van der Waals surface area contributed by atoms with Gasteiger partial charge in [-0.15, -0.1) is 0 Å².